The average Bonchev–Trinajstić information content (AvgIpc) is 3.26. The molecule has 3 atom stereocenters. The number of esters is 1. The summed E-state index contributed by atoms with van der Waals surface area (Å²) in [5.74, 6) is -0.494. The van der Waals surface area contributed by atoms with Crippen LogP contribution >= 0.6 is 0 Å². The standard InChI is InChI=1S/C56H103NO5/c1-4-7-10-13-16-19-21-23-25-27-28-30-32-34-37-40-43-46-49-56(61)62-52(47-44-41-38-35-18-15-12-9-6-3)50-55(60)57-53(51-58)54(59)48-45-42-39-36-33-31-29-26-24-22-20-17-14-11-8-5-2/h16,19,21,23,25,27-28,30,52-54,58-59H,4-15,17-18,20,22,24,26,29,31-51H2,1-3H3,(H,57,60)/b19-16+,23-21+,27-25+,30-28+. The van der Waals surface area contributed by atoms with Crippen LogP contribution in [0.2, 0.25) is 0 Å². The molecule has 0 saturated carbocycles. The van der Waals surface area contributed by atoms with Crippen molar-refractivity contribution in [1.82, 2.24) is 5.32 Å². The topological polar surface area (TPSA) is 95.9 Å². The maximum absolute atomic E-state index is 13.2. The molecule has 0 spiro atoms. The lowest BCUT2D eigenvalue weighted by Crippen LogP contribution is -2.46. The van der Waals surface area contributed by atoms with Crippen LogP contribution in [0.1, 0.15) is 271 Å². The molecule has 3 N–H and O–H groups in total. The molecule has 362 valence electrons. The van der Waals surface area contributed by atoms with E-state index >= 15 is 0 Å². The first-order valence-corrected chi connectivity index (χ1v) is 26.9. The van der Waals surface area contributed by atoms with Crippen molar-refractivity contribution in [2.75, 3.05) is 6.61 Å². The molecule has 0 fully saturated rings. The number of hydrogen-bond donors (Lipinski definition) is 3. The third kappa shape index (κ3) is 44.4. The molecule has 0 aliphatic carbocycles. The Morgan fingerprint density at radius 3 is 1.27 bits per heavy atom. The summed E-state index contributed by atoms with van der Waals surface area (Å²) in [6.07, 6.45) is 60.3. The van der Waals surface area contributed by atoms with E-state index in [1.54, 1.807) is 0 Å². The minimum atomic E-state index is -0.790. The van der Waals surface area contributed by atoms with Crippen molar-refractivity contribution in [3.8, 4) is 0 Å². The van der Waals surface area contributed by atoms with E-state index in [1.807, 2.05) is 0 Å². The minimum absolute atomic E-state index is 0.0696. The maximum Gasteiger partial charge on any atom is 0.306 e. The number of rotatable bonds is 48. The Kier molecular flexibility index (Phi) is 48.1. The summed E-state index contributed by atoms with van der Waals surface area (Å²) in [7, 11) is 0. The second-order valence-corrected chi connectivity index (χ2v) is 18.4. The van der Waals surface area contributed by atoms with Gasteiger partial charge in [-0.1, -0.05) is 256 Å². The van der Waals surface area contributed by atoms with E-state index in [2.05, 4.69) is 74.7 Å². The van der Waals surface area contributed by atoms with Gasteiger partial charge in [0, 0.05) is 6.42 Å². The summed E-state index contributed by atoms with van der Waals surface area (Å²) in [4.78, 5) is 26.1. The van der Waals surface area contributed by atoms with Crippen LogP contribution in [0.3, 0.4) is 0 Å². The lowest BCUT2D eigenvalue weighted by molar-refractivity contribution is -0.151. The molecule has 0 rings (SSSR count). The van der Waals surface area contributed by atoms with Crippen LogP contribution in [-0.4, -0.2) is 46.9 Å². The zero-order valence-electron chi connectivity index (χ0n) is 41.3. The minimum Gasteiger partial charge on any atom is -0.462 e. The Morgan fingerprint density at radius 1 is 0.468 bits per heavy atom. The van der Waals surface area contributed by atoms with Gasteiger partial charge in [0.15, 0.2) is 0 Å². The highest BCUT2D eigenvalue weighted by atomic mass is 16.5. The molecular formula is C56H103NO5. The zero-order chi connectivity index (χ0) is 45.2. The van der Waals surface area contributed by atoms with Crippen LogP contribution in [0.4, 0.5) is 0 Å². The van der Waals surface area contributed by atoms with E-state index in [4.69, 9.17) is 4.74 Å². The molecular weight excluding hydrogens is 767 g/mol. The van der Waals surface area contributed by atoms with Gasteiger partial charge in [-0.3, -0.25) is 9.59 Å². The van der Waals surface area contributed by atoms with Gasteiger partial charge in [0.1, 0.15) is 6.10 Å². The van der Waals surface area contributed by atoms with E-state index in [0.717, 1.165) is 77.0 Å². The van der Waals surface area contributed by atoms with Gasteiger partial charge in [0.05, 0.1) is 25.2 Å². The van der Waals surface area contributed by atoms with Gasteiger partial charge in [-0.25, -0.2) is 0 Å². The van der Waals surface area contributed by atoms with Crippen LogP contribution in [0.5, 0.6) is 0 Å². The fraction of sp³-hybridized carbons (Fsp3) is 0.821. The van der Waals surface area contributed by atoms with Crippen molar-refractivity contribution < 1.29 is 24.5 Å². The van der Waals surface area contributed by atoms with Crippen LogP contribution < -0.4 is 5.32 Å². The molecule has 0 aromatic heterocycles. The maximum atomic E-state index is 13.2. The van der Waals surface area contributed by atoms with E-state index in [0.29, 0.717) is 19.3 Å². The molecule has 3 unspecified atom stereocenters. The quantitative estimate of drug-likeness (QED) is 0.0322. The summed E-state index contributed by atoms with van der Waals surface area (Å²) in [5, 5.41) is 23.8. The van der Waals surface area contributed by atoms with E-state index in [9.17, 15) is 19.8 Å². The lowest BCUT2D eigenvalue weighted by Gasteiger charge is -2.24. The number of amides is 1. The molecule has 0 aromatic carbocycles. The van der Waals surface area contributed by atoms with Gasteiger partial charge in [-0.05, 0) is 51.4 Å². The molecule has 0 saturated heterocycles. The normalized spacial score (nSPS) is 13.6. The predicted molar refractivity (Wildman–Crippen MR) is 269 cm³/mol. The number of aliphatic hydroxyl groups is 2. The fourth-order valence-corrected chi connectivity index (χ4v) is 8.15. The molecule has 62 heavy (non-hydrogen) atoms. The number of aliphatic hydroxyl groups excluding tert-OH is 2. The highest BCUT2D eigenvalue weighted by molar-refractivity contribution is 5.77. The Balaban J connectivity index is 4.46. The SMILES string of the molecule is CCCCC/C=C/C=C/C=C/C=C/CCCCCCCC(=O)OC(CCCCCCCCCCC)CC(=O)NC(CO)C(O)CCCCCCCCCCCCCCCCCC. The highest BCUT2D eigenvalue weighted by Crippen LogP contribution is 2.18. The molecule has 0 aromatic rings. The molecule has 6 heteroatoms. The smallest absolute Gasteiger partial charge is 0.306 e. The number of allylic oxidation sites excluding steroid dienone is 8. The van der Waals surface area contributed by atoms with Gasteiger partial charge in [0.2, 0.25) is 5.91 Å². The number of hydrogen-bond acceptors (Lipinski definition) is 5. The zero-order valence-corrected chi connectivity index (χ0v) is 41.3. The summed E-state index contributed by atoms with van der Waals surface area (Å²) in [6.45, 7) is 6.44. The van der Waals surface area contributed by atoms with E-state index in [1.165, 1.54) is 148 Å². The van der Waals surface area contributed by atoms with Gasteiger partial charge in [0.25, 0.3) is 0 Å². The van der Waals surface area contributed by atoms with Crippen molar-refractivity contribution >= 4 is 11.9 Å². The third-order valence-corrected chi connectivity index (χ3v) is 12.3. The van der Waals surface area contributed by atoms with Crippen molar-refractivity contribution in [3.63, 3.8) is 0 Å². The third-order valence-electron chi connectivity index (χ3n) is 12.3. The monoisotopic (exact) mass is 870 g/mol. The number of unbranched alkanes of at least 4 members (excludes halogenated alkanes) is 31. The second-order valence-electron chi connectivity index (χ2n) is 18.4. The Morgan fingerprint density at radius 2 is 0.823 bits per heavy atom. The summed E-state index contributed by atoms with van der Waals surface area (Å²) >= 11 is 0. The summed E-state index contributed by atoms with van der Waals surface area (Å²) in [6, 6.07) is -0.704. The van der Waals surface area contributed by atoms with E-state index < -0.39 is 18.2 Å². The molecule has 1 amide bonds. The number of carbonyl (C=O) groups is 2. The molecule has 0 heterocycles. The molecule has 6 nitrogen and oxygen atoms in total. The summed E-state index contributed by atoms with van der Waals surface area (Å²) in [5.41, 5.74) is 0. The van der Waals surface area contributed by atoms with Crippen molar-refractivity contribution in [2.24, 2.45) is 0 Å². The summed E-state index contributed by atoms with van der Waals surface area (Å²) < 4.78 is 5.92. The predicted octanol–water partition coefficient (Wildman–Crippen LogP) is 16.2. The van der Waals surface area contributed by atoms with Gasteiger partial charge in [-0.15, -0.1) is 0 Å². The molecule has 0 aliphatic rings. The van der Waals surface area contributed by atoms with E-state index in [-0.39, 0.29) is 24.9 Å². The first-order valence-electron chi connectivity index (χ1n) is 26.9. The van der Waals surface area contributed by atoms with Crippen LogP contribution in [-0.2, 0) is 14.3 Å². The second kappa shape index (κ2) is 49.8. The highest BCUT2D eigenvalue weighted by Gasteiger charge is 2.24. The Hall–Kier alpha value is -2.18. The molecule has 0 bridgehead atoms. The van der Waals surface area contributed by atoms with Crippen molar-refractivity contribution in [3.05, 3.63) is 48.6 Å². The van der Waals surface area contributed by atoms with Crippen molar-refractivity contribution in [1.29, 1.82) is 0 Å². The van der Waals surface area contributed by atoms with Crippen LogP contribution in [0.25, 0.3) is 0 Å². The van der Waals surface area contributed by atoms with Crippen LogP contribution in [0.15, 0.2) is 48.6 Å². The van der Waals surface area contributed by atoms with Crippen molar-refractivity contribution in [2.45, 2.75) is 289 Å². The Bertz CT molecular complexity index is 1070. The molecule has 0 radical (unpaired) electrons. The molecule has 0 aliphatic heterocycles. The first kappa shape index (κ1) is 59.8. The number of nitrogens with one attached hydrogen (secondary N) is 1. The van der Waals surface area contributed by atoms with Gasteiger partial charge >= 0.3 is 5.97 Å². The van der Waals surface area contributed by atoms with Gasteiger partial charge < -0.3 is 20.3 Å². The lowest BCUT2D eigenvalue weighted by atomic mass is 10.0. The average molecular weight is 870 g/mol. The van der Waals surface area contributed by atoms with Crippen LogP contribution in [0, 0.1) is 0 Å². The number of carbonyl (C=O) groups excluding carboxylic acids is 2. The first-order chi connectivity index (χ1) is 30.5. The number of ether oxygens (including phenoxy) is 1. The Labute approximate surface area is 385 Å². The largest absolute Gasteiger partial charge is 0.462 e. The van der Waals surface area contributed by atoms with Gasteiger partial charge in [-0.2, -0.15) is 0 Å². The fourth-order valence-electron chi connectivity index (χ4n) is 8.15.